The molecule has 1 aromatic heterocycles. The zero-order valence-corrected chi connectivity index (χ0v) is 12.0. The van der Waals surface area contributed by atoms with Crippen molar-refractivity contribution < 1.29 is 4.79 Å². The van der Waals surface area contributed by atoms with E-state index in [0.29, 0.717) is 21.2 Å². The lowest BCUT2D eigenvalue weighted by Crippen LogP contribution is -2.28. The smallest absolute Gasteiger partial charge is 0.251 e. The van der Waals surface area contributed by atoms with Crippen molar-refractivity contribution >= 4 is 29.7 Å². The van der Waals surface area contributed by atoms with E-state index in [0.717, 1.165) is 0 Å². The van der Waals surface area contributed by atoms with Crippen molar-refractivity contribution in [2.75, 3.05) is 0 Å². The number of H-pyrrole nitrogens is 1. The zero-order valence-electron chi connectivity index (χ0n) is 10.5. The van der Waals surface area contributed by atoms with E-state index in [9.17, 15) is 4.79 Å². The Morgan fingerprint density at radius 3 is 2.63 bits per heavy atom. The van der Waals surface area contributed by atoms with Gasteiger partial charge in [-0.05, 0) is 43.4 Å². The van der Waals surface area contributed by atoms with Crippen LogP contribution >= 0.6 is 23.8 Å². The van der Waals surface area contributed by atoms with E-state index >= 15 is 0 Å². The Morgan fingerprint density at radius 2 is 2.11 bits per heavy atom. The van der Waals surface area contributed by atoms with Gasteiger partial charge in [-0.1, -0.05) is 11.6 Å². The van der Waals surface area contributed by atoms with Gasteiger partial charge in [0.05, 0.1) is 6.04 Å². The number of nitrogens with one attached hydrogen (secondary N) is 2. The number of benzene rings is 1. The molecule has 2 aromatic rings. The van der Waals surface area contributed by atoms with Gasteiger partial charge in [-0.2, -0.15) is 5.10 Å². The average molecular weight is 297 g/mol. The molecule has 2 rings (SSSR count). The molecule has 7 heteroatoms. The van der Waals surface area contributed by atoms with Crippen LogP contribution in [0.2, 0.25) is 5.02 Å². The predicted molar refractivity (Wildman–Crippen MR) is 75.7 cm³/mol. The molecular formula is C12H13ClN4OS. The Hall–Kier alpha value is -1.66. The number of nitrogens with zero attached hydrogens (tertiary/aromatic N) is 2. The van der Waals surface area contributed by atoms with Gasteiger partial charge < -0.3 is 9.88 Å². The quantitative estimate of drug-likeness (QED) is 0.856. The molecule has 5 nitrogen and oxygen atoms in total. The molecule has 0 radical (unpaired) electrons. The highest BCUT2D eigenvalue weighted by atomic mass is 35.5. The Labute approximate surface area is 120 Å². The molecule has 1 amide bonds. The van der Waals surface area contributed by atoms with E-state index in [1.165, 1.54) is 0 Å². The van der Waals surface area contributed by atoms with Crippen molar-refractivity contribution in [3.8, 4) is 0 Å². The first kappa shape index (κ1) is 13.8. The number of amides is 1. The molecule has 0 aliphatic heterocycles. The van der Waals surface area contributed by atoms with Crippen LogP contribution in [0.3, 0.4) is 0 Å². The first-order valence-corrected chi connectivity index (χ1v) is 6.45. The molecule has 0 saturated heterocycles. The number of halogens is 1. The Kier molecular flexibility index (Phi) is 4.01. The van der Waals surface area contributed by atoms with Gasteiger partial charge in [-0.3, -0.25) is 9.89 Å². The third-order valence-electron chi connectivity index (χ3n) is 2.76. The minimum Gasteiger partial charge on any atom is -0.342 e. The number of hydrogen-bond acceptors (Lipinski definition) is 3. The van der Waals surface area contributed by atoms with Gasteiger partial charge in [0.1, 0.15) is 0 Å². The maximum absolute atomic E-state index is 12.0. The lowest BCUT2D eigenvalue weighted by atomic mass is 10.2. The topological polar surface area (TPSA) is 62.7 Å². The summed E-state index contributed by atoms with van der Waals surface area (Å²) in [5.41, 5.74) is 0.549. The fourth-order valence-corrected chi connectivity index (χ4v) is 1.96. The lowest BCUT2D eigenvalue weighted by molar-refractivity contribution is 0.0938. The van der Waals surface area contributed by atoms with Crippen molar-refractivity contribution in [2.24, 2.45) is 7.05 Å². The summed E-state index contributed by atoms with van der Waals surface area (Å²) in [5, 5.41) is 10.2. The van der Waals surface area contributed by atoms with E-state index in [1.54, 1.807) is 35.9 Å². The van der Waals surface area contributed by atoms with Crippen molar-refractivity contribution in [3.05, 3.63) is 45.4 Å². The SMILES string of the molecule is C[C@H](NC(=O)c1ccc(Cl)cc1)c1n[nH]c(=S)n1C. The highest BCUT2D eigenvalue weighted by molar-refractivity contribution is 7.71. The molecule has 0 aliphatic rings. The minimum absolute atomic E-state index is 0.182. The predicted octanol–water partition coefficient (Wildman–Crippen LogP) is 2.62. The standard InChI is InChI=1S/C12H13ClN4OS/c1-7(10-15-16-12(19)17(10)2)14-11(18)8-3-5-9(13)6-4-8/h3-7H,1-2H3,(H,14,18)(H,16,19)/t7-/m0/s1. The molecule has 1 atom stereocenters. The van der Waals surface area contributed by atoms with E-state index in [4.69, 9.17) is 23.8 Å². The van der Waals surface area contributed by atoms with Gasteiger partial charge in [0.15, 0.2) is 10.6 Å². The van der Waals surface area contributed by atoms with E-state index in [1.807, 2.05) is 6.92 Å². The highest BCUT2D eigenvalue weighted by Crippen LogP contribution is 2.12. The van der Waals surface area contributed by atoms with Gasteiger partial charge in [0, 0.05) is 17.6 Å². The largest absolute Gasteiger partial charge is 0.342 e. The number of aromatic amines is 1. The second-order valence-electron chi connectivity index (χ2n) is 4.15. The third-order valence-corrected chi connectivity index (χ3v) is 3.37. The van der Waals surface area contributed by atoms with Crippen LogP contribution in [-0.2, 0) is 7.05 Å². The van der Waals surface area contributed by atoms with Gasteiger partial charge >= 0.3 is 0 Å². The molecule has 1 heterocycles. The second-order valence-corrected chi connectivity index (χ2v) is 4.97. The van der Waals surface area contributed by atoms with Gasteiger partial charge in [0.25, 0.3) is 5.91 Å². The molecule has 0 unspecified atom stereocenters. The molecular weight excluding hydrogens is 284 g/mol. The highest BCUT2D eigenvalue weighted by Gasteiger charge is 2.15. The number of aromatic nitrogens is 3. The molecule has 0 spiro atoms. The summed E-state index contributed by atoms with van der Waals surface area (Å²) < 4.78 is 2.24. The van der Waals surface area contributed by atoms with Crippen LogP contribution < -0.4 is 5.32 Å². The molecule has 2 N–H and O–H groups in total. The summed E-state index contributed by atoms with van der Waals surface area (Å²) in [7, 11) is 1.80. The molecule has 19 heavy (non-hydrogen) atoms. The summed E-state index contributed by atoms with van der Waals surface area (Å²) >= 11 is 10.8. The second kappa shape index (κ2) is 5.54. The molecule has 1 aromatic carbocycles. The van der Waals surface area contributed by atoms with Crippen LogP contribution in [0.25, 0.3) is 0 Å². The van der Waals surface area contributed by atoms with Crippen LogP contribution in [0.4, 0.5) is 0 Å². The van der Waals surface area contributed by atoms with Crippen molar-refractivity contribution in [1.82, 2.24) is 20.1 Å². The van der Waals surface area contributed by atoms with Crippen LogP contribution in [-0.4, -0.2) is 20.7 Å². The number of carbonyl (C=O) groups excluding carboxylic acids is 1. The van der Waals surface area contributed by atoms with Gasteiger partial charge in [0.2, 0.25) is 0 Å². The monoisotopic (exact) mass is 296 g/mol. The van der Waals surface area contributed by atoms with Gasteiger partial charge in [-0.15, -0.1) is 0 Å². The zero-order chi connectivity index (χ0) is 14.0. The lowest BCUT2D eigenvalue weighted by Gasteiger charge is -2.13. The van der Waals surface area contributed by atoms with Crippen molar-refractivity contribution in [3.63, 3.8) is 0 Å². The molecule has 100 valence electrons. The molecule has 0 saturated carbocycles. The van der Waals surface area contributed by atoms with Crippen LogP contribution in [0, 0.1) is 4.77 Å². The number of hydrogen-bond donors (Lipinski definition) is 2. The Morgan fingerprint density at radius 1 is 1.47 bits per heavy atom. The summed E-state index contributed by atoms with van der Waals surface area (Å²) in [4.78, 5) is 12.0. The van der Waals surface area contributed by atoms with Crippen molar-refractivity contribution in [1.29, 1.82) is 0 Å². The number of rotatable bonds is 3. The van der Waals surface area contributed by atoms with Gasteiger partial charge in [-0.25, -0.2) is 0 Å². The van der Waals surface area contributed by atoms with Crippen LogP contribution in [0.1, 0.15) is 29.1 Å². The molecule has 0 bridgehead atoms. The first-order chi connectivity index (χ1) is 8.99. The average Bonchev–Trinajstić information content (AvgIpc) is 2.70. The summed E-state index contributed by atoms with van der Waals surface area (Å²) in [6.45, 7) is 1.85. The summed E-state index contributed by atoms with van der Waals surface area (Å²) in [5.74, 6) is 0.491. The summed E-state index contributed by atoms with van der Waals surface area (Å²) in [6.07, 6.45) is 0. The van der Waals surface area contributed by atoms with Crippen LogP contribution in [0.5, 0.6) is 0 Å². The molecule has 0 fully saturated rings. The maximum atomic E-state index is 12.0. The van der Waals surface area contributed by atoms with E-state index < -0.39 is 0 Å². The maximum Gasteiger partial charge on any atom is 0.251 e. The van der Waals surface area contributed by atoms with Crippen molar-refractivity contribution in [2.45, 2.75) is 13.0 Å². The summed E-state index contributed by atoms with van der Waals surface area (Å²) in [6, 6.07) is 6.45. The van der Waals surface area contributed by atoms with E-state index in [2.05, 4.69) is 15.5 Å². The minimum atomic E-state index is -0.249. The first-order valence-electron chi connectivity index (χ1n) is 5.66. The number of carbonyl (C=O) groups is 1. The van der Waals surface area contributed by atoms with Crippen LogP contribution in [0.15, 0.2) is 24.3 Å². The normalized spacial score (nSPS) is 12.2. The van der Waals surface area contributed by atoms with E-state index in [-0.39, 0.29) is 11.9 Å². The molecule has 0 aliphatic carbocycles. The third kappa shape index (κ3) is 3.02. The fraction of sp³-hybridized carbons (Fsp3) is 0.250. The Bertz CT molecular complexity index is 646. The fourth-order valence-electron chi connectivity index (χ4n) is 1.69. The Balaban J connectivity index is 2.13.